The molecule has 0 bridgehead atoms. The smallest absolute Gasteiger partial charge is 0.244 e. The van der Waals surface area contributed by atoms with Crippen LogP contribution in [-0.2, 0) is 11.2 Å². The maximum atomic E-state index is 12.3. The Morgan fingerprint density at radius 3 is 2.77 bits per heavy atom. The molecule has 1 aliphatic heterocycles. The van der Waals surface area contributed by atoms with Crippen molar-refractivity contribution in [2.45, 2.75) is 13.3 Å². The SMILES string of the molecule is CC(=NNC(=O)Cc1cccc2ccccc12)c1ccc2c(c1)OCO2. The summed E-state index contributed by atoms with van der Waals surface area (Å²) >= 11 is 0. The average Bonchev–Trinajstić information content (AvgIpc) is 3.14. The van der Waals surface area contributed by atoms with Gasteiger partial charge in [0.05, 0.1) is 12.1 Å². The molecule has 4 rings (SSSR count). The molecule has 1 aliphatic rings. The fraction of sp³-hybridized carbons (Fsp3) is 0.143. The third-order valence-electron chi connectivity index (χ3n) is 4.37. The topological polar surface area (TPSA) is 59.9 Å². The van der Waals surface area contributed by atoms with Crippen LogP contribution in [0.15, 0.2) is 65.8 Å². The number of carbonyl (C=O) groups excluding carboxylic acids is 1. The molecule has 1 amide bonds. The molecule has 130 valence electrons. The van der Waals surface area contributed by atoms with Crippen LogP contribution in [0.2, 0.25) is 0 Å². The fourth-order valence-corrected chi connectivity index (χ4v) is 2.99. The molecular weight excluding hydrogens is 328 g/mol. The Hall–Kier alpha value is -3.34. The van der Waals surface area contributed by atoms with E-state index in [0.29, 0.717) is 11.5 Å². The average molecular weight is 346 g/mol. The molecule has 0 spiro atoms. The second-order valence-corrected chi connectivity index (χ2v) is 6.12. The van der Waals surface area contributed by atoms with E-state index in [2.05, 4.69) is 10.5 Å². The lowest BCUT2D eigenvalue weighted by molar-refractivity contribution is -0.120. The summed E-state index contributed by atoms with van der Waals surface area (Å²) in [6.45, 7) is 2.08. The van der Waals surface area contributed by atoms with Gasteiger partial charge in [-0.2, -0.15) is 5.10 Å². The van der Waals surface area contributed by atoms with Crippen molar-refractivity contribution in [2.24, 2.45) is 5.10 Å². The number of nitrogens with one attached hydrogen (secondary N) is 1. The summed E-state index contributed by atoms with van der Waals surface area (Å²) in [4.78, 5) is 12.3. The number of nitrogens with zero attached hydrogens (tertiary/aromatic N) is 1. The van der Waals surface area contributed by atoms with Gasteiger partial charge in [-0.05, 0) is 41.5 Å². The van der Waals surface area contributed by atoms with Crippen LogP contribution in [0.5, 0.6) is 11.5 Å². The van der Waals surface area contributed by atoms with Crippen molar-refractivity contribution in [2.75, 3.05) is 6.79 Å². The van der Waals surface area contributed by atoms with E-state index < -0.39 is 0 Å². The van der Waals surface area contributed by atoms with Gasteiger partial charge >= 0.3 is 0 Å². The molecule has 0 saturated heterocycles. The highest BCUT2D eigenvalue weighted by Gasteiger charge is 2.14. The summed E-state index contributed by atoms with van der Waals surface area (Å²) < 4.78 is 10.7. The minimum Gasteiger partial charge on any atom is -0.454 e. The molecular formula is C21H18N2O3. The van der Waals surface area contributed by atoms with Gasteiger partial charge in [-0.25, -0.2) is 5.43 Å². The van der Waals surface area contributed by atoms with Crippen LogP contribution in [0.25, 0.3) is 10.8 Å². The van der Waals surface area contributed by atoms with E-state index in [1.165, 1.54) is 0 Å². The van der Waals surface area contributed by atoms with E-state index in [9.17, 15) is 4.79 Å². The summed E-state index contributed by atoms with van der Waals surface area (Å²) in [7, 11) is 0. The number of hydrazone groups is 1. The van der Waals surface area contributed by atoms with Gasteiger partial charge in [0.15, 0.2) is 11.5 Å². The molecule has 0 unspecified atom stereocenters. The van der Waals surface area contributed by atoms with Gasteiger partial charge in [-0.3, -0.25) is 4.79 Å². The summed E-state index contributed by atoms with van der Waals surface area (Å²) in [5.41, 5.74) is 5.20. The Morgan fingerprint density at radius 1 is 1.04 bits per heavy atom. The Balaban J connectivity index is 1.47. The zero-order valence-electron chi connectivity index (χ0n) is 14.4. The molecule has 3 aromatic carbocycles. The predicted octanol–water partition coefficient (Wildman–Crippen LogP) is 3.65. The van der Waals surface area contributed by atoms with Crippen LogP contribution in [0.3, 0.4) is 0 Å². The minimum atomic E-state index is -0.151. The summed E-state index contributed by atoms with van der Waals surface area (Å²) in [5.74, 6) is 1.27. The first-order valence-corrected chi connectivity index (χ1v) is 8.40. The number of hydrogen-bond acceptors (Lipinski definition) is 4. The number of benzene rings is 3. The Morgan fingerprint density at radius 2 is 1.85 bits per heavy atom. The van der Waals surface area contributed by atoms with Crippen molar-refractivity contribution in [1.29, 1.82) is 0 Å². The van der Waals surface area contributed by atoms with Crippen LogP contribution in [0.4, 0.5) is 0 Å². The number of ether oxygens (including phenoxy) is 2. The standard InChI is InChI=1S/C21H18N2O3/c1-14(16-9-10-19-20(11-16)26-13-25-19)22-23-21(24)12-17-7-4-6-15-5-2-3-8-18(15)17/h2-11H,12-13H2,1H3,(H,23,24). The first-order chi connectivity index (χ1) is 12.7. The Kier molecular flexibility index (Phi) is 4.27. The van der Waals surface area contributed by atoms with E-state index >= 15 is 0 Å². The third kappa shape index (κ3) is 3.24. The lowest BCUT2D eigenvalue weighted by Gasteiger charge is -2.07. The largest absolute Gasteiger partial charge is 0.454 e. The predicted molar refractivity (Wildman–Crippen MR) is 101 cm³/mol. The van der Waals surface area contributed by atoms with Gasteiger partial charge in [0.2, 0.25) is 12.7 Å². The summed E-state index contributed by atoms with van der Waals surface area (Å²) in [6, 6.07) is 19.6. The van der Waals surface area contributed by atoms with Crippen LogP contribution in [-0.4, -0.2) is 18.4 Å². The Bertz CT molecular complexity index is 1010. The molecule has 26 heavy (non-hydrogen) atoms. The monoisotopic (exact) mass is 346 g/mol. The molecule has 1 heterocycles. The molecule has 0 saturated carbocycles. The summed E-state index contributed by atoms with van der Waals surface area (Å²) in [6.07, 6.45) is 0.277. The first-order valence-electron chi connectivity index (χ1n) is 8.40. The summed E-state index contributed by atoms with van der Waals surface area (Å²) in [5, 5.41) is 6.42. The highest BCUT2D eigenvalue weighted by Crippen LogP contribution is 2.32. The van der Waals surface area contributed by atoms with Crippen LogP contribution >= 0.6 is 0 Å². The van der Waals surface area contributed by atoms with Gasteiger partial charge in [-0.1, -0.05) is 42.5 Å². The number of fused-ring (bicyclic) bond motifs is 2. The van der Waals surface area contributed by atoms with Crippen molar-refractivity contribution in [1.82, 2.24) is 5.43 Å². The zero-order valence-corrected chi connectivity index (χ0v) is 14.4. The van der Waals surface area contributed by atoms with Gasteiger partial charge in [0.1, 0.15) is 0 Å². The lowest BCUT2D eigenvalue weighted by Crippen LogP contribution is -2.21. The van der Waals surface area contributed by atoms with Crippen molar-refractivity contribution >= 4 is 22.4 Å². The van der Waals surface area contributed by atoms with E-state index in [-0.39, 0.29) is 19.1 Å². The van der Waals surface area contributed by atoms with Crippen LogP contribution in [0, 0.1) is 0 Å². The highest BCUT2D eigenvalue weighted by atomic mass is 16.7. The quantitative estimate of drug-likeness (QED) is 0.579. The maximum Gasteiger partial charge on any atom is 0.244 e. The molecule has 1 N–H and O–H groups in total. The molecule has 0 fully saturated rings. The number of rotatable bonds is 4. The van der Waals surface area contributed by atoms with Crippen molar-refractivity contribution < 1.29 is 14.3 Å². The molecule has 0 atom stereocenters. The highest BCUT2D eigenvalue weighted by molar-refractivity contribution is 6.00. The van der Waals surface area contributed by atoms with Gasteiger partial charge in [0, 0.05) is 5.56 Å². The maximum absolute atomic E-state index is 12.3. The molecule has 3 aromatic rings. The Labute approximate surface area is 151 Å². The molecule has 0 aromatic heterocycles. The van der Waals surface area contributed by atoms with Gasteiger partial charge in [0.25, 0.3) is 0 Å². The second-order valence-electron chi connectivity index (χ2n) is 6.12. The first kappa shape index (κ1) is 16.1. The van der Waals surface area contributed by atoms with Crippen LogP contribution < -0.4 is 14.9 Å². The van der Waals surface area contributed by atoms with Gasteiger partial charge < -0.3 is 9.47 Å². The molecule has 5 heteroatoms. The second kappa shape index (κ2) is 6.88. The lowest BCUT2D eigenvalue weighted by atomic mass is 10.0. The number of carbonyl (C=O) groups is 1. The minimum absolute atomic E-state index is 0.151. The zero-order chi connectivity index (χ0) is 17.9. The van der Waals surface area contributed by atoms with E-state index in [4.69, 9.17) is 9.47 Å². The third-order valence-corrected chi connectivity index (χ3v) is 4.37. The van der Waals surface area contributed by atoms with Crippen molar-refractivity contribution in [3.8, 4) is 11.5 Å². The van der Waals surface area contributed by atoms with Crippen molar-refractivity contribution in [3.05, 3.63) is 71.8 Å². The number of amides is 1. The van der Waals surface area contributed by atoms with E-state index in [0.717, 1.165) is 27.6 Å². The normalized spacial score (nSPS) is 13.0. The van der Waals surface area contributed by atoms with E-state index in [1.54, 1.807) is 0 Å². The number of hydrogen-bond donors (Lipinski definition) is 1. The molecule has 0 radical (unpaired) electrons. The molecule has 5 nitrogen and oxygen atoms in total. The van der Waals surface area contributed by atoms with Crippen LogP contribution in [0.1, 0.15) is 18.1 Å². The van der Waals surface area contributed by atoms with E-state index in [1.807, 2.05) is 67.6 Å². The fourth-order valence-electron chi connectivity index (χ4n) is 2.99. The molecule has 0 aliphatic carbocycles. The van der Waals surface area contributed by atoms with Crippen molar-refractivity contribution in [3.63, 3.8) is 0 Å². The van der Waals surface area contributed by atoms with Gasteiger partial charge in [-0.15, -0.1) is 0 Å².